The van der Waals surface area contributed by atoms with E-state index in [1.54, 1.807) is 16.9 Å². The van der Waals surface area contributed by atoms with Crippen molar-refractivity contribution in [2.75, 3.05) is 44.7 Å². The Morgan fingerprint density at radius 3 is 2.50 bits per heavy atom. The number of aromatic nitrogens is 4. The van der Waals surface area contributed by atoms with Crippen molar-refractivity contribution in [3.05, 3.63) is 66.0 Å². The van der Waals surface area contributed by atoms with Crippen molar-refractivity contribution >= 4 is 28.7 Å². The molecule has 2 N–H and O–H groups in total. The Labute approximate surface area is 246 Å². The van der Waals surface area contributed by atoms with E-state index >= 15 is 0 Å². The first-order chi connectivity index (χ1) is 20.3. The number of carbonyl (C=O) groups is 2. The van der Waals surface area contributed by atoms with Crippen LogP contribution in [0, 0.1) is 18.8 Å². The quantitative estimate of drug-likeness (QED) is 0.368. The number of piperazine rings is 1. The van der Waals surface area contributed by atoms with Crippen LogP contribution in [0.2, 0.25) is 0 Å². The lowest BCUT2D eigenvalue weighted by molar-refractivity contribution is -0.129. The number of fused-ring (bicyclic) bond motifs is 1. The first-order valence-electron chi connectivity index (χ1n) is 14.7. The van der Waals surface area contributed by atoms with Crippen molar-refractivity contribution in [1.29, 1.82) is 0 Å². The molecule has 0 bridgehead atoms. The van der Waals surface area contributed by atoms with Crippen LogP contribution in [-0.2, 0) is 4.79 Å². The summed E-state index contributed by atoms with van der Waals surface area (Å²) < 4.78 is 1.76. The van der Waals surface area contributed by atoms with Crippen LogP contribution in [0.25, 0.3) is 28.0 Å². The number of rotatable bonds is 6. The smallest absolute Gasteiger partial charge is 0.252 e. The molecular formula is C32H38N8O2. The number of amides is 2. The molecule has 42 heavy (non-hydrogen) atoms. The van der Waals surface area contributed by atoms with Crippen LogP contribution in [0.3, 0.4) is 0 Å². The number of nitrogens with one attached hydrogen (secondary N) is 2. The average molecular weight is 567 g/mol. The molecule has 2 fully saturated rings. The van der Waals surface area contributed by atoms with E-state index in [-0.39, 0.29) is 36.2 Å². The van der Waals surface area contributed by atoms with Gasteiger partial charge < -0.3 is 20.4 Å². The highest BCUT2D eigenvalue weighted by molar-refractivity contribution is 6.06. The molecule has 3 unspecified atom stereocenters. The molecule has 0 spiro atoms. The number of benzene rings is 1. The SMILES string of the molecule is Cc1ccc(-n2ncc3c(C(=O)NCC4C(=O)NC(C)CC4C)cc(-c4ccc(N5CCN(C)CC5)nc4)nc32)cc1. The van der Waals surface area contributed by atoms with E-state index in [0.29, 0.717) is 22.3 Å². The molecule has 0 saturated carbocycles. The molecule has 0 radical (unpaired) electrons. The summed E-state index contributed by atoms with van der Waals surface area (Å²) in [4.78, 5) is 40.7. The number of pyridine rings is 2. The minimum Gasteiger partial charge on any atom is -0.354 e. The minimum atomic E-state index is -0.274. The first kappa shape index (κ1) is 27.8. The second-order valence-electron chi connectivity index (χ2n) is 11.8. The summed E-state index contributed by atoms with van der Waals surface area (Å²) in [5, 5.41) is 11.3. The van der Waals surface area contributed by atoms with Gasteiger partial charge >= 0.3 is 0 Å². The van der Waals surface area contributed by atoms with Gasteiger partial charge in [-0.3, -0.25) is 9.59 Å². The molecule has 2 saturated heterocycles. The predicted molar refractivity (Wildman–Crippen MR) is 164 cm³/mol. The maximum atomic E-state index is 13.7. The molecule has 3 aromatic heterocycles. The van der Waals surface area contributed by atoms with Crippen LogP contribution in [0.1, 0.15) is 36.2 Å². The van der Waals surface area contributed by atoms with Gasteiger partial charge in [0.05, 0.1) is 34.4 Å². The molecular weight excluding hydrogens is 528 g/mol. The Morgan fingerprint density at radius 2 is 1.81 bits per heavy atom. The Balaban J connectivity index is 1.34. The number of hydrogen-bond donors (Lipinski definition) is 2. The molecule has 1 aromatic carbocycles. The number of nitrogens with zero attached hydrogens (tertiary/aromatic N) is 6. The van der Waals surface area contributed by atoms with Crippen LogP contribution >= 0.6 is 0 Å². The second kappa shape index (κ2) is 11.5. The van der Waals surface area contributed by atoms with Gasteiger partial charge in [-0.15, -0.1) is 0 Å². The first-order valence-corrected chi connectivity index (χ1v) is 14.7. The van der Waals surface area contributed by atoms with E-state index in [1.165, 1.54) is 0 Å². The number of piperidine rings is 1. The van der Waals surface area contributed by atoms with Crippen molar-refractivity contribution < 1.29 is 9.59 Å². The molecule has 218 valence electrons. The zero-order chi connectivity index (χ0) is 29.4. The Kier molecular flexibility index (Phi) is 7.64. The molecule has 4 aromatic rings. The molecule has 2 aliphatic rings. The molecule has 10 nitrogen and oxygen atoms in total. The highest BCUT2D eigenvalue weighted by Gasteiger charge is 2.32. The van der Waals surface area contributed by atoms with Crippen LogP contribution in [-0.4, -0.2) is 82.3 Å². The van der Waals surface area contributed by atoms with Gasteiger partial charge in [0, 0.05) is 50.5 Å². The van der Waals surface area contributed by atoms with Gasteiger partial charge in [0.15, 0.2) is 5.65 Å². The van der Waals surface area contributed by atoms with Gasteiger partial charge in [-0.1, -0.05) is 24.6 Å². The monoisotopic (exact) mass is 566 g/mol. The topological polar surface area (TPSA) is 108 Å². The third kappa shape index (κ3) is 5.59. The summed E-state index contributed by atoms with van der Waals surface area (Å²) in [6.07, 6.45) is 4.40. The van der Waals surface area contributed by atoms with Crippen LogP contribution < -0.4 is 15.5 Å². The van der Waals surface area contributed by atoms with Gasteiger partial charge in [0.25, 0.3) is 5.91 Å². The highest BCUT2D eigenvalue weighted by atomic mass is 16.2. The van der Waals surface area contributed by atoms with Gasteiger partial charge in [0.2, 0.25) is 5.91 Å². The van der Waals surface area contributed by atoms with Crippen molar-refractivity contribution in [2.45, 2.75) is 33.2 Å². The Morgan fingerprint density at radius 1 is 1.05 bits per heavy atom. The molecule has 5 heterocycles. The van der Waals surface area contributed by atoms with Crippen molar-refractivity contribution in [3.63, 3.8) is 0 Å². The molecule has 6 rings (SSSR count). The number of likely N-dealkylation sites (N-methyl/N-ethyl adjacent to an activating group) is 1. The maximum Gasteiger partial charge on any atom is 0.252 e. The molecule has 3 atom stereocenters. The lowest BCUT2D eigenvalue weighted by atomic mass is 9.84. The lowest BCUT2D eigenvalue weighted by Gasteiger charge is -2.33. The van der Waals surface area contributed by atoms with E-state index in [1.807, 2.05) is 56.4 Å². The Bertz CT molecular complexity index is 1590. The zero-order valence-electron chi connectivity index (χ0n) is 24.7. The van der Waals surface area contributed by atoms with Crippen molar-refractivity contribution in [2.24, 2.45) is 11.8 Å². The van der Waals surface area contributed by atoms with Gasteiger partial charge in [-0.2, -0.15) is 5.10 Å². The molecule has 10 heteroatoms. The van der Waals surface area contributed by atoms with Crippen molar-refractivity contribution in [1.82, 2.24) is 35.3 Å². The number of aryl methyl sites for hydroxylation is 1. The van der Waals surface area contributed by atoms with Gasteiger partial charge in [-0.05, 0) is 63.6 Å². The summed E-state index contributed by atoms with van der Waals surface area (Å²) >= 11 is 0. The van der Waals surface area contributed by atoms with Crippen LogP contribution in [0.5, 0.6) is 0 Å². The summed E-state index contributed by atoms with van der Waals surface area (Å²) in [6.45, 7) is 10.3. The van der Waals surface area contributed by atoms with Gasteiger partial charge in [-0.25, -0.2) is 14.6 Å². The molecule has 2 aliphatic heterocycles. The second-order valence-corrected chi connectivity index (χ2v) is 11.8. The summed E-state index contributed by atoms with van der Waals surface area (Å²) in [5.74, 6) is 0.568. The van der Waals surface area contributed by atoms with E-state index in [9.17, 15) is 9.59 Å². The standard InChI is InChI=1S/C32H38N8O2/c1-20-5-8-24(9-6-20)40-30-27(19-35-40)25(31(41)34-18-26-21(2)15-22(3)36-32(26)42)16-28(37-30)23-7-10-29(33-17-23)39-13-11-38(4)12-14-39/h5-10,16-17,19,21-22,26H,11-15,18H2,1-4H3,(H,34,41)(H,36,42). The van der Waals surface area contributed by atoms with E-state index < -0.39 is 0 Å². The fourth-order valence-corrected chi connectivity index (χ4v) is 5.95. The maximum absolute atomic E-state index is 13.7. The zero-order valence-corrected chi connectivity index (χ0v) is 24.7. The Hall–Kier alpha value is -4.31. The normalized spacial score (nSPS) is 21.4. The lowest BCUT2D eigenvalue weighted by Crippen LogP contribution is -2.50. The fraction of sp³-hybridized carbons (Fsp3) is 0.406. The third-order valence-electron chi connectivity index (χ3n) is 8.56. The number of anilines is 1. The van der Waals surface area contributed by atoms with E-state index in [4.69, 9.17) is 9.97 Å². The average Bonchev–Trinajstić information content (AvgIpc) is 3.41. The summed E-state index contributed by atoms with van der Waals surface area (Å²) in [6, 6.07) is 14.0. The van der Waals surface area contributed by atoms with E-state index in [0.717, 1.165) is 55.2 Å². The predicted octanol–water partition coefficient (Wildman–Crippen LogP) is 3.43. The molecule has 2 amide bonds. The molecule has 0 aliphatic carbocycles. The minimum absolute atomic E-state index is 0.0131. The largest absolute Gasteiger partial charge is 0.354 e. The van der Waals surface area contributed by atoms with Crippen LogP contribution in [0.15, 0.2) is 54.9 Å². The van der Waals surface area contributed by atoms with Gasteiger partial charge in [0.1, 0.15) is 5.82 Å². The van der Waals surface area contributed by atoms with Crippen molar-refractivity contribution in [3.8, 4) is 16.9 Å². The summed E-state index contributed by atoms with van der Waals surface area (Å²) in [7, 11) is 2.13. The summed E-state index contributed by atoms with van der Waals surface area (Å²) in [5.41, 5.74) is 4.50. The number of hydrogen-bond acceptors (Lipinski definition) is 7. The fourth-order valence-electron chi connectivity index (χ4n) is 5.95. The van der Waals surface area contributed by atoms with Crippen LogP contribution in [0.4, 0.5) is 5.82 Å². The van der Waals surface area contributed by atoms with E-state index in [2.05, 4.69) is 39.5 Å². The number of carbonyl (C=O) groups excluding carboxylic acids is 2. The highest BCUT2D eigenvalue weighted by Crippen LogP contribution is 2.28. The third-order valence-corrected chi connectivity index (χ3v) is 8.56.